The quantitative estimate of drug-likeness (QED) is 0.575. The fourth-order valence-corrected chi connectivity index (χ4v) is 1.05. The molecule has 3 nitrogen and oxygen atoms in total. The van der Waals surface area contributed by atoms with E-state index >= 15 is 0 Å². The normalized spacial score (nSPS) is 14.4. The van der Waals surface area contributed by atoms with E-state index in [-0.39, 0.29) is 5.91 Å². The van der Waals surface area contributed by atoms with E-state index in [1.54, 1.807) is 0 Å². The maximum Gasteiger partial charge on any atom is 0.220 e. The maximum absolute atomic E-state index is 10.1. The summed E-state index contributed by atoms with van der Waals surface area (Å²) >= 11 is 0. The minimum absolute atomic E-state index is 0.204. The van der Waals surface area contributed by atoms with Gasteiger partial charge in [-0.15, -0.1) is 0 Å². The number of nitrogens with zero attached hydrogens (tertiary/aromatic N) is 1. The van der Waals surface area contributed by atoms with Crippen molar-refractivity contribution in [2.24, 2.45) is 7.05 Å². The summed E-state index contributed by atoms with van der Waals surface area (Å²) in [6.45, 7) is 0.888. The van der Waals surface area contributed by atoms with Gasteiger partial charge in [0.15, 0.2) is 12.4 Å². The van der Waals surface area contributed by atoms with Crippen LogP contribution in [0.5, 0.6) is 0 Å². The molecule has 1 aromatic heterocycles. The standard InChI is InChI=1S/C6H8N.C4H7NO/c1-7-5-3-2-4-6-7;6-4-2-1-3-5-4/h2-6H,1H3;1-3H2,(H,5,6)/q+1;. The minimum atomic E-state index is 0.204. The molecule has 0 radical (unpaired) electrons. The summed E-state index contributed by atoms with van der Waals surface area (Å²) in [7, 11) is 2.00. The molecule has 0 spiro atoms. The molecule has 3 heteroatoms. The smallest absolute Gasteiger partial charge is 0.220 e. The molecule has 1 N–H and O–H groups in total. The lowest BCUT2D eigenvalue weighted by Crippen LogP contribution is -2.25. The Hall–Kier alpha value is -1.38. The predicted octanol–water partition coefficient (Wildman–Crippen LogP) is 0.407. The van der Waals surface area contributed by atoms with Gasteiger partial charge in [0.25, 0.3) is 0 Å². The maximum atomic E-state index is 10.1. The average Bonchev–Trinajstić information content (AvgIpc) is 2.58. The van der Waals surface area contributed by atoms with E-state index in [1.807, 2.05) is 42.2 Å². The molecule has 1 aromatic rings. The molecule has 0 unspecified atom stereocenters. The number of carbonyl (C=O) groups is 1. The Kier molecular flexibility index (Phi) is 3.96. The second kappa shape index (κ2) is 5.30. The Morgan fingerprint density at radius 2 is 2.00 bits per heavy atom. The number of hydrogen-bond acceptors (Lipinski definition) is 1. The van der Waals surface area contributed by atoms with Crippen LogP contribution in [0, 0.1) is 0 Å². The monoisotopic (exact) mass is 179 g/mol. The molecule has 1 aliphatic heterocycles. The number of amides is 1. The van der Waals surface area contributed by atoms with Crippen LogP contribution in [0.4, 0.5) is 0 Å². The predicted molar refractivity (Wildman–Crippen MR) is 49.9 cm³/mol. The van der Waals surface area contributed by atoms with Gasteiger partial charge < -0.3 is 5.32 Å². The third-order valence-electron chi connectivity index (χ3n) is 1.77. The molecule has 2 rings (SSSR count). The van der Waals surface area contributed by atoms with Crippen molar-refractivity contribution in [3.8, 4) is 0 Å². The first-order valence-electron chi connectivity index (χ1n) is 4.46. The second-order valence-electron chi connectivity index (χ2n) is 2.99. The summed E-state index contributed by atoms with van der Waals surface area (Å²) in [5, 5.41) is 2.68. The summed E-state index contributed by atoms with van der Waals surface area (Å²) in [4.78, 5) is 10.1. The molecule has 2 heterocycles. The van der Waals surface area contributed by atoms with E-state index in [0.717, 1.165) is 19.4 Å². The Balaban J connectivity index is 0.000000132. The molecule has 1 amide bonds. The molecule has 13 heavy (non-hydrogen) atoms. The third kappa shape index (κ3) is 4.25. The molecule has 1 aliphatic rings. The fraction of sp³-hybridized carbons (Fsp3) is 0.400. The van der Waals surface area contributed by atoms with Crippen LogP contribution in [0.25, 0.3) is 0 Å². The van der Waals surface area contributed by atoms with Gasteiger partial charge in [0.2, 0.25) is 5.91 Å². The number of hydrogen-bond donors (Lipinski definition) is 1. The first-order chi connectivity index (χ1) is 6.29. The van der Waals surface area contributed by atoms with Gasteiger partial charge in [0, 0.05) is 25.1 Å². The molecule has 0 bridgehead atoms. The van der Waals surface area contributed by atoms with Crippen LogP contribution in [-0.4, -0.2) is 12.5 Å². The highest BCUT2D eigenvalue weighted by atomic mass is 16.1. The molecule has 70 valence electrons. The molecule has 0 aliphatic carbocycles. The SMILES string of the molecule is C[n+]1ccccc1.O=C1CCCN1. The van der Waals surface area contributed by atoms with Crippen molar-refractivity contribution in [3.05, 3.63) is 30.6 Å². The van der Waals surface area contributed by atoms with Crippen molar-refractivity contribution >= 4 is 5.91 Å². The highest BCUT2D eigenvalue weighted by Crippen LogP contribution is 1.93. The van der Waals surface area contributed by atoms with Crippen LogP contribution in [0.3, 0.4) is 0 Å². The van der Waals surface area contributed by atoms with Crippen LogP contribution in [0.2, 0.25) is 0 Å². The van der Waals surface area contributed by atoms with Gasteiger partial charge in [-0.3, -0.25) is 4.79 Å². The molecule has 1 fully saturated rings. The highest BCUT2D eigenvalue weighted by molar-refractivity contribution is 5.77. The first-order valence-corrected chi connectivity index (χ1v) is 4.46. The van der Waals surface area contributed by atoms with E-state index in [2.05, 4.69) is 5.32 Å². The fourth-order valence-electron chi connectivity index (χ4n) is 1.05. The number of aryl methyl sites for hydroxylation is 1. The topological polar surface area (TPSA) is 33.0 Å². The molecule has 1 saturated heterocycles. The second-order valence-corrected chi connectivity index (χ2v) is 2.99. The minimum Gasteiger partial charge on any atom is -0.356 e. The number of aromatic nitrogens is 1. The zero-order chi connectivity index (χ0) is 9.52. The largest absolute Gasteiger partial charge is 0.356 e. The summed E-state index contributed by atoms with van der Waals surface area (Å²) in [6.07, 6.45) is 5.76. The van der Waals surface area contributed by atoms with Crippen molar-refractivity contribution in [1.29, 1.82) is 0 Å². The van der Waals surface area contributed by atoms with E-state index < -0.39 is 0 Å². The van der Waals surface area contributed by atoms with Crippen molar-refractivity contribution < 1.29 is 9.36 Å². The summed E-state index contributed by atoms with van der Waals surface area (Å²) in [5.41, 5.74) is 0. The van der Waals surface area contributed by atoms with E-state index in [9.17, 15) is 4.79 Å². The molecular weight excluding hydrogens is 164 g/mol. The lowest BCUT2D eigenvalue weighted by Gasteiger charge is -1.80. The van der Waals surface area contributed by atoms with Crippen LogP contribution < -0.4 is 9.88 Å². The number of nitrogens with one attached hydrogen (secondary N) is 1. The van der Waals surface area contributed by atoms with Crippen molar-refractivity contribution in [1.82, 2.24) is 5.32 Å². The van der Waals surface area contributed by atoms with E-state index in [0.29, 0.717) is 0 Å². The van der Waals surface area contributed by atoms with Crippen molar-refractivity contribution in [2.75, 3.05) is 6.54 Å². The summed E-state index contributed by atoms with van der Waals surface area (Å²) in [5.74, 6) is 0.204. The number of rotatable bonds is 0. The zero-order valence-corrected chi connectivity index (χ0v) is 7.86. The van der Waals surface area contributed by atoms with Crippen LogP contribution in [0.1, 0.15) is 12.8 Å². The van der Waals surface area contributed by atoms with Gasteiger partial charge in [0.05, 0.1) is 0 Å². The summed E-state index contributed by atoms with van der Waals surface area (Å²) in [6, 6.07) is 6.00. The Morgan fingerprint density at radius 3 is 2.23 bits per heavy atom. The molecule has 0 saturated carbocycles. The molecular formula is C10H15N2O+. The van der Waals surface area contributed by atoms with E-state index in [1.165, 1.54) is 0 Å². The first kappa shape index (κ1) is 9.71. The van der Waals surface area contributed by atoms with Crippen LogP contribution >= 0.6 is 0 Å². The Bertz CT molecular complexity index is 251. The van der Waals surface area contributed by atoms with Gasteiger partial charge in [-0.2, -0.15) is 0 Å². The Morgan fingerprint density at radius 1 is 1.31 bits per heavy atom. The Labute approximate surface area is 78.4 Å². The van der Waals surface area contributed by atoms with Gasteiger partial charge in [-0.05, 0) is 6.42 Å². The highest BCUT2D eigenvalue weighted by Gasteiger charge is 2.05. The third-order valence-corrected chi connectivity index (χ3v) is 1.77. The number of pyridine rings is 1. The van der Waals surface area contributed by atoms with E-state index in [4.69, 9.17) is 0 Å². The van der Waals surface area contributed by atoms with Crippen molar-refractivity contribution in [3.63, 3.8) is 0 Å². The van der Waals surface area contributed by atoms with Crippen LogP contribution in [0.15, 0.2) is 30.6 Å². The lowest BCUT2D eigenvalue weighted by molar-refractivity contribution is -0.671. The molecule has 0 aromatic carbocycles. The number of carbonyl (C=O) groups excluding carboxylic acids is 1. The summed E-state index contributed by atoms with van der Waals surface area (Å²) < 4.78 is 2.00. The van der Waals surface area contributed by atoms with Crippen molar-refractivity contribution in [2.45, 2.75) is 12.8 Å². The molecule has 0 atom stereocenters. The van der Waals surface area contributed by atoms with Gasteiger partial charge >= 0.3 is 0 Å². The zero-order valence-electron chi connectivity index (χ0n) is 7.86. The van der Waals surface area contributed by atoms with Crippen LogP contribution in [-0.2, 0) is 11.8 Å². The average molecular weight is 179 g/mol. The lowest BCUT2D eigenvalue weighted by atomic mass is 10.4. The van der Waals surface area contributed by atoms with Gasteiger partial charge in [-0.25, -0.2) is 4.57 Å². The van der Waals surface area contributed by atoms with Gasteiger partial charge in [-0.1, -0.05) is 6.07 Å². The van der Waals surface area contributed by atoms with Gasteiger partial charge in [0.1, 0.15) is 7.05 Å².